The van der Waals surface area contributed by atoms with Gasteiger partial charge in [0.05, 0.1) is 13.7 Å². The zero-order valence-corrected chi connectivity index (χ0v) is 17.0. The fourth-order valence-corrected chi connectivity index (χ4v) is 3.61. The molecule has 2 rings (SSSR count). The highest BCUT2D eigenvalue weighted by Gasteiger charge is 2.32. The summed E-state index contributed by atoms with van der Waals surface area (Å²) in [5.74, 6) is -0.547. The highest BCUT2D eigenvalue weighted by atomic mass is 16.5. The Morgan fingerprint density at radius 3 is 2.37 bits per heavy atom. The van der Waals surface area contributed by atoms with Crippen LogP contribution in [0.15, 0.2) is 0 Å². The molecule has 1 aromatic heterocycles. The van der Waals surface area contributed by atoms with Crippen LogP contribution in [0, 0.1) is 19.8 Å². The van der Waals surface area contributed by atoms with Crippen LogP contribution in [0.25, 0.3) is 0 Å². The summed E-state index contributed by atoms with van der Waals surface area (Å²) in [6, 6.07) is 0. The lowest BCUT2D eigenvalue weighted by Crippen LogP contribution is -2.42. The Hall–Kier alpha value is -2.15. The van der Waals surface area contributed by atoms with Crippen LogP contribution in [-0.4, -0.2) is 61.0 Å². The molecule has 1 aromatic rings. The summed E-state index contributed by atoms with van der Waals surface area (Å²) >= 11 is 0. The molecule has 7 heteroatoms. The topological polar surface area (TPSA) is 77.8 Å². The number of hydrogen-bond acceptors (Lipinski definition) is 5. The SMILES string of the molecule is COCCCN(CC(=O)c1c(C)c(C(=O)OC)n(C)c1C)C(=O)C1CCC1. The summed E-state index contributed by atoms with van der Waals surface area (Å²) in [4.78, 5) is 39.5. The molecule has 0 aliphatic heterocycles. The largest absolute Gasteiger partial charge is 0.464 e. The van der Waals surface area contributed by atoms with Crippen LogP contribution in [0.2, 0.25) is 0 Å². The average molecular weight is 378 g/mol. The molecule has 0 unspecified atom stereocenters. The van der Waals surface area contributed by atoms with Crippen LogP contribution in [0.1, 0.15) is 57.8 Å². The molecule has 0 saturated heterocycles. The van der Waals surface area contributed by atoms with Gasteiger partial charge in [-0.05, 0) is 38.7 Å². The number of methoxy groups -OCH3 is 2. The van der Waals surface area contributed by atoms with Crippen molar-refractivity contribution in [2.24, 2.45) is 13.0 Å². The lowest BCUT2D eigenvalue weighted by molar-refractivity contribution is -0.137. The summed E-state index contributed by atoms with van der Waals surface area (Å²) in [5, 5.41) is 0. The van der Waals surface area contributed by atoms with Gasteiger partial charge >= 0.3 is 5.97 Å². The molecule has 1 aliphatic rings. The van der Waals surface area contributed by atoms with E-state index in [1.54, 1.807) is 37.5 Å². The molecule has 1 amide bonds. The minimum absolute atomic E-state index is 0.0192. The van der Waals surface area contributed by atoms with Gasteiger partial charge in [0.25, 0.3) is 0 Å². The van der Waals surface area contributed by atoms with Crippen LogP contribution in [0.3, 0.4) is 0 Å². The van der Waals surface area contributed by atoms with Crippen LogP contribution in [0.5, 0.6) is 0 Å². The molecule has 7 nitrogen and oxygen atoms in total. The number of Topliss-reactive ketones (excluding diaryl/α,β-unsaturated/α-hetero) is 1. The van der Waals surface area contributed by atoms with Crippen LogP contribution in [-0.2, 0) is 21.3 Å². The third-order valence-corrected chi connectivity index (χ3v) is 5.47. The molecule has 0 spiro atoms. The van der Waals surface area contributed by atoms with Crippen molar-refractivity contribution in [1.82, 2.24) is 9.47 Å². The predicted octanol–water partition coefficient (Wildman–Crippen LogP) is 2.28. The monoisotopic (exact) mass is 378 g/mol. The smallest absolute Gasteiger partial charge is 0.354 e. The number of ether oxygens (including phenoxy) is 2. The first kappa shape index (κ1) is 21.2. The minimum Gasteiger partial charge on any atom is -0.464 e. The first-order valence-corrected chi connectivity index (χ1v) is 9.38. The van der Waals surface area contributed by atoms with Crippen molar-refractivity contribution >= 4 is 17.7 Å². The molecule has 0 aromatic carbocycles. The Balaban J connectivity index is 2.23. The van der Waals surface area contributed by atoms with Gasteiger partial charge in [-0.25, -0.2) is 4.79 Å². The molecule has 1 aliphatic carbocycles. The quantitative estimate of drug-likeness (QED) is 0.374. The summed E-state index contributed by atoms with van der Waals surface area (Å²) in [6.07, 6.45) is 3.53. The number of hydrogen-bond donors (Lipinski definition) is 0. The fraction of sp³-hybridized carbons (Fsp3) is 0.650. The van der Waals surface area contributed by atoms with E-state index in [9.17, 15) is 14.4 Å². The predicted molar refractivity (Wildman–Crippen MR) is 101 cm³/mol. The Bertz CT molecular complexity index is 718. The second-order valence-corrected chi connectivity index (χ2v) is 7.14. The van der Waals surface area contributed by atoms with Crippen molar-refractivity contribution in [3.05, 3.63) is 22.5 Å². The lowest BCUT2D eigenvalue weighted by Gasteiger charge is -2.31. The molecule has 150 valence electrons. The highest BCUT2D eigenvalue weighted by molar-refractivity contribution is 6.04. The van der Waals surface area contributed by atoms with Gasteiger partial charge in [0.15, 0.2) is 5.78 Å². The van der Waals surface area contributed by atoms with Crippen molar-refractivity contribution in [3.8, 4) is 0 Å². The Morgan fingerprint density at radius 2 is 1.85 bits per heavy atom. The molecule has 0 radical (unpaired) electrons. The summed E-state index contributed by atoms with van der Waals surface area (Å²) in [7, 11) is 4.68. The van der Waals surface area contributed by atoms with Crippen LogP contribution >= 0.6 is 0 Å². The third kappa shape index (κ3) is 4.40. The molecule has 0 bridgehead atoms. The van der Waals surface area contributed by atoms with Gasteiger partial charge in [-0.15, -0.1) is 0 Å². The van der Waals surface area contributed by atoms with Gasteiger partial charge in [-0.2, -0.15) is 0 Å². The van der Waals surface area contributed by atoms with E-state index in [1.807, 2.05) is 0 Å². The van der Waals surface area contributed by atoms with Crippen molar-refractivity contribution in [3.63, 3.8) is 0 Å². The lowest BCUT2D eigenvalue weighted by atomic mass is 9.84. The Labute approximate surface area is 160 Å². The first-order valence-electron chi connectivity index (χ1n) is 9.38. The van der Waals surface area contributed by atoms with E-state index in [-0.39, 0.29) is 24.2 Å². The van der Waals surface area contributed by atoms with Gasteiger partial charge in [0, 0.05) is 44.5 Å². The second kappa shape index (κ2) is 9.17. The molecular weight excluding hydrogens is 348 g/mol. The van der Waals surface area contributed by atoms with Crippen LogP contribution < -0.4 is 0 Å². The molecule has 0 N–H and O–H groups in total. The van der Waals surface area contributed by atoms with Crippen molar-refractivity contribution in [2.75, 3.05) is 33.9 Å². The van der Waals surface area contributed by atoms with Gasteiger partial charge in [-0.3, -0.25) is 9.59 Å². The molecule has 1 heterocycles. The van der Waals surface area contributed by atoms with Crippen LogP contribution in [0.4, 0.5) is 0 Å². The third-order valence-electron chi connectivity index (χ3n) is 5.47. The first-order chi connectivity index (χ1) is 12.8. The van der Waals surface area contributed by atoms with E-state index in [1.165, 1.54) is 7.11 Å². The highest BCUT2D eigenvalue weighted by Crippen LogP contribution is 2.29. The van der Waals surface area contributed by atoms with E-state index in [2.05, 4.69) is 0 Å². The minimum atomic E-state index is -0.473. The molecule has 0 atom stereocenters. The maximum Gasteiger partial charge on any atom is 0.354 e. The van der Waals surface area contributed by atoms with Gasteiger partial charge in [-0.1, -0.05) is 6.42 Å². The Kier molecular flexibility index (Phi) is 7.18. The summed E-state index contributed by atoms with van der Waals surface area (Å²) < 4.78 is 11.6. The van der Waals surface area contributed by atoms with E-state index >= 15 is 0 Å². The standard InChI is InChI=1S/C20H30N2O5/c1-13-17(14(2)21(3)18(13)20(25)27-5)16(23)12-22(10-7-11-26-4)19(24)15-8-6-9-15/h15H,6-12H2,1-5H3. The zero-order valence-electron chi connectivity index (χ0n) is 17.0. The molecule has 27 heavy (non-hydrogen) atoms. The number of rotatable bonds is 9. The summed E-state index contributed by atoms with van der Waals surface area (Å²) in [5.41, 5.74) is 2.16. The molecule has 1 saturated carbocycles. The van der Waals surface area contributed by atoms with Gasteiger partial charge in [0.2, 0.25) is 5.91 Å². The number of amides is 1. The van der Waals surface area contributed by atoms with E-state index < -0.39 is 5.97 Å². The van der Waals surface area contributed by atoms with E-state index in [0.29, 0.717) is 42.1 Å². The van der Waals surface area contributed by atoms with Crippen molar-refractivity contribution in [2.45, 2.75) is 39.5 Å². The molecular formula is C20H30N2O5. The maximum absolute atomic E-state index is 13.0. The molecule has 1 fully saturated rings. The van der Waals surface area contributed by atoms with Crippen molar-refractivity contribution < 1.29 is 23.9 Å². The number of ketones is 1. The van der Waals surface area contributed by atoms with E-state index in [0.717, 1.165) is 19.3 Å². The normalized spacial score (nSPS) is 14.0. The van der Waals surface area contributed by atoms with Gasteiger partial charge in [0.1, 0.15) is 5.69 Å². The van der Waals surface area contributed by atoms with Gasteiger partial charge < -0.3 is 18.9 Å². The average Bonchev–Trinajstić information content (AvgIpc) is 2.81. The maximum atomic E-state index is 13.0. The van der Waals surface area contributed by atoms with E-state index in [4.69, 9.17) is 9.47 Å². The number of carbonyl (C=O) groups excluding carboxylic acids is 3. The number of carbonyl (C=O) groups is 3. The Morgan fingerprint density at radius 1 is 1.19 bits per heavy atom. The zero-order chi connectivity index (χ0) is 20.1. The number of esters is 1. The number of nitrogens with zero attached hydrogens (tertiary/aromatic N) is 2. The summed E-state index contributed by atoms with van der Waals surface area (Å²) in [6.45, 7) is 4.60. The number of aromatic nitrogens is 1. The second-order valence-electron chi connectivity index (χ2n) is 7.14. The fourth-order valence-electron chi connectivity index (χ4n) is 3.61. The van der Waals surface area contributed by atoms with Crippen molar-refractivity contribution in [1.29, 1.82) is 0 Å².